The minimum atomic E-state index is -0.292. The van der Waals surface area contributed by atoms with Crippen LogP contribution in [0, 0.1) is 5.82 Å². The molecule has 3 aromatic rings. The highest BCUT2D eigenvalue weighted by molar-refractivity contribution is 5.88. The number of rotatable bonds is 5. The molecule has 27 heavy (non-hydrogen) atoms. The molecule has 1 amide bonds. The van der Waals surface area contributed by atoms with Gasteiger partial charge in [-0.3, -0.25) is 4.79 Å². The third-order valence-corrected chi connectivity index (χ3v) is 5.71. The van der Waals surface area contributed by atoms with E-state index in [4.69, 9.17) is 0 Å². The van der Waals surface area contributed by atoms with Gasteiger partial charge < -0.3 is 9.88 Å². The monoisotopic (exact) mass is 364 g/mol. The Morgan fingerprint density at radius 3 is 2.63 bits per heavy atom. The van der Waals surface area contributed by atoms with E-state index in [1.54, 1.807) is 12.1 Å². The first-order valence-electron chi connectivity index (χ1n) is 9.80. The van der Waals surface area contributed by atoms with Crippen molar-refractivity contribution in [3.63, 3.8) is 0 Å². The Bertz CT molecular complexity index is 956. The molecule has 2 aromatic carbocycles. The zero-order valence-corrected chi connectivity index (χ0v) is 15.7. The van der Waals surface area contributed by atoms with Gasteiger partial charge in [0.15, 0.2) is 0 Å². The summed E-state index contributed by atoms with van der Waals surface area (Å²) in [5.41, 5.74) is 3.91. The SMILES string of the molecule is CCc1cccc2c([C@H](CC(=O)N3CCCC3)c3ccccc3F)c[nH]c12. The number of carbonyl (C=O) groups excluding carboxylic acids is 1. The van der Waals surface area contributed by atoms with Gasteiger partial charge in [0, 0.05) is 42.5 Å². The predicted octanol–water partition coefficient (Wildman–Crippen LogP) is 5.01. The molecule has 1 aromatic heterocycles. The molecule has 2 heterocycles. The summed E-state index contributed by atoms with van der Waals surface area (Å²) < 4.78 is 14.7. The second kappa shape index (κ2) is 7.55. The Morgan fingerprint density at radius 1 is 1.11 bits per heavy atom. The van der Waals surface area contributed by atoms with Gasteiger partial charge in [0.2, 0.25) is 5.91 Å². The zero-order valence-electron chi connectivity index (χ0n) is 15.7. The molecule has 0 aliphatic carbocycles. The number of amides is 1. The van der Waals surface area contributed by atoms with Crippen LogP contribution in [0.1, 0.15) is 48.8 Å². The largest absolute Gasteiger partial charge is 0.361 e. The van der Waals surface area contributed by atoms with Crippen LogP contribution in [0.5, 0.6) is 0 Å². The van der Waals surface area contributed by atoms with Crippen molar-refractivity contribution in [2.24, 2.45) is 0 Å². The van der Waals surface area contributed by atoms with Gasteiger partial charge in [-0.05, 0) is 42.0 Å². The minimum Gasteiger partial charge on any atom is -0.361 e. The quantitative estimate of drug-likeness (QED) is 0.678. The standard InChI is InChI=1S/C23H25FN2O/c1-2-16-8-7-10-18-20(15-25-23(16)18)19(17-9-3-4-11-21(17)24)14-22(27)26-12-5-6-13-26/h3-4,7-11,15,19,25H,2,5-6,12-14H2,1H3/t19-/m1/s1. The van der Waals surface area contributed by atoms with Crippen molar-refractivity contribution >= 4 is 16.8 Å². The molecular weight excluding hydrogens is 339 g/mol. The highest BCUT2D eigenvalue weighted by atomic mass is 19.1. The van der Waals surface area contributed by atoms with Crippen LogP contribution in [0.15, 0.2) is 48.7 Å². The van der Waals surface area contributed by atoms with Gasteiger partial charge in [0.1, 0.15) is 5.82 Å². The van der Waals surface area contributed by atoms with Gasteiger partial charge >= 0.3 is 0 Å². The molecule has 0 spiro atoms. The van der Waals surface area contributed by atoms with Crippen LogP contribution < -0.4 is 0 Å². The average molecular weight is 364 g/mol. The first kappa shape index (κ1) is 17.8. The molecule has 1 fully saturated rings. The molecule has 3 nitrogen and oxygen atoms in total. The summed E-state index contributed by atoms with van der Waals surface area (Å²) in [6, 6.07) is 13.0. The highest BCUT2D eigenvalue weighted by Gasteiger charge is 2.27. The van der Waals surface area contributed by atoms with Gasteiger partial charge in [-0.25, -0.2) is 4.39 Å². The number of halogens is 1. The molecule has 0 saturated carbocycles. The van der Waals surface area contributed by atoms with Crippen LogP contribution in [-0.4, -0.2) is 28.9 Å². The molecule has 140 valence electrons. The summed E-state index contributed by atoms with van der Waals surface area (Å²) in [6.45, 7) is 3.76. The number of aromatic nitrogens is 1. The number of benzene rings is 2. The lowest BCUT2D eigenvalue weighted by atomic mass is 9.87. The second-order valence-electron chi connectivity index (χ2n) is 7.30. The summed E-state index contributed by atoms with van der Waals surface area (Å²) in [5, 5.41) is 1.08. The number of carbonyl (C=O) groups is 1. The molecule has 1 saturated heterocycles. The Kier molecular flexibility index (Phi) is 4.97. The highest BCUT2D eigenvalue weighted by Crippen LogP contribution is 2.36. The number of nitrogens with one attached hydrogen (secondary N) is 1. The number of fused-ring (bicyclic) bond motifs is 1. The summed E-state index contributed by atoms with van der Waals surface area (Å²) in [5.74, 6) is -0.431. The maximum Gasteiger partial charge on any atom is 0.223 e. The molecule has 1 N–H and O–H groups in total. The van der Waals surface area contributed by atoms with Crippen LogP contribution in [0.2, 0.25) is 0 Å². The van der Waals surface area contributed by atoms with E-state index in [0.717, 1.165) is 48.8 Å². The van der Waals surface area contributed by atoms with Crippen LogP contribution >= 0.6 is 0 Å². The van der Waals surface area contributed by atoms with E-state index in [1.807, 2.05) is 23.2 Å². The van der Waals surface area contributed by atoms with Crippen LogP contribution in [0.25, 0.3) is 10.9 Å². The average Bonchev–Trinajstić information content (AvgIpc) is 3.36. The Balaban J connectivity index is 1.78. The Morgan fingerprint density at radius 2 is 1.89 bits per heavy atom. The fourth-order valence-electron chi connectivity index (χ4n) is 4.24. The Hall–Kier alpha value is -2.62. The van der Waals surface area contributed by atoms with E-state index < -0.39 is 0 Å². The summed E-state index contributed by atoms with van der Waals surface area (Å²) >= 11 is 0. The molecular formula is C23H25FN2O. The van der Waals surface area contributed by atoms with Gasteiger partial charge in [0.05, 0.1) is 0 Å². The topological polar surface area (TPSA) is 36.1 Å². The van der Waals surface area contributed by atoms with Crippen molar-refractivity contribution < 1.29 is 9.18 Å². The van der Waals surface area contributed by atoms with Crippen molar-refractivity contribution in [1.82, 2.24) is 9.88 Å². The number of hydrogen-bond donors (Lipinski definition) is 1. The van der Waals surface area contributed by atoms with Crippen LogP contribution in [0.3, 0.4) is 0 Å². The van der Waals surface area contributed by atoms with Crippen molar-refractivity contribution in [3.8, 4) is 0 Å². The molecule has 1 aliphatic rings. The van der Waals surface area contributed by atoms with Crippen molar-refractivity contribution in [3.05, 3.63) is 71.2 Å². The fraction of sp³-hybridized carbons (Fsp3) is 0.348. The first-order chi connectivity index (χ1) is 13.2. The van der Waals surface area contributed by atoms with Crippen LogP contribution in [-0.2, 0) is 11.2 Å². The number of aromatic amines is 1. The molecule has 4 heteroatoms. The smallest absolute Gasteiger partial charge is 0.223 e. The van der Waals surface area contributed by atoms with E-state index in [9.17, 15) is 9.18 Å². The Labute approximate surface area is 159 Å². The van der Waals surface area contributed by atoms with Crippen molar-refractivity contribution in [2.45, 2.75) is 38.5 Å². The molecule has 0 radical (unpaired) electrons. The lowest BCUT2D eigenvalue weighted by Crippen LogP contribution is -2.29. The molecule has 1 atom stereocenters. The third kappa shape index (κ3) is 3.36. The second-order valence-corrected chi connectivity index (χ2v) is 7.30. The normalized spacial score (nSPS) is 15.4. The van der Waals surface area contributed by atoms with Gasteiger partial charge in [-0.15, -0.1) is 0 Å². The number of likely N-dealkylation sites (tertiary alicyclic amines) is 1. The molecule has 1 aliphatic heterocycles. The van der Waals surface area contributed by atoms with E-state index in [2.05, 4.69) is 24.0 Å². The van der Waals surface area contributed by atoms with Crippen molar-refractivity contribution in [2.75, 3.05) is 13.1 Å². The predicted molar refractivity (Wildman–Crippen MR) is 106 cm³/mol. The number of H-pyrrole nitrogens is 1. The molecule has 0 bridgehead atoms. The lowest BCUT2D eigenvalue weighted by molar-refractivity contribution is -0.130. The van der Waals surface area contributed by atoms with Gasteiger partial charge in [0.25, 0.3) is 0 Å². The summed E-state index contributed by atoms with van der Waals surface area (Å²) in [7, 11) is 0. The van der Waals surface area contributed by atoms with E-state index in [0.29, 0.717) is 12.0 Å². The van der Waals surface area contributed by atoms with E-state index in [1.165, 1.54) is 11.6 Å². The summed E-state index contributed by atoms with van der Waals surface area (Å²) in [4.78, 5) is 18.2. The molecule has 0 unspecified atom stereocenters. The van der Waals surface area contributed by atoms with Gasteiger partial charge in [-0.1, -0.05) is 43.3 Å². The number of nitrogens with zero attached hydrogens (tertiary/aromatic N) is 1. The fourth-order valence-corrected chi connectivity index (χ4v) is 4.24. The number of para-hydroxylation sites is 1. The van der Waals surface area contributed by atoms with E-state index >= 15 is 0 Å². The maximum atomic E-state index is 14.7. The third-order valence-electron chi connectivity index (χ3n) is 5.71. The molecule has 4 rings (SSSR count). The number of hydrogen-bond acceptors (Lipinski definition) is 1. The lowest BCUT2D eigenvalue weighted by Gasteiger charge is -2.22. The van der Waals surface area contributed by atoms with Gasteiger partial charge in [-0.2, -0.15) is 0 Å². The minimum absolute atomic E-state index is 0.113. The maximum absolute atomic E-state index is 14.7. The first-order valence-corrected chi connectivity index (χ1v) is 9.80. The van der Waals surface area contributed by atoms with Crippen molar-refractivity contribution in [1.29, 1.82) is 0 Å². The summed E-state index contributed by atoms with van der Waals surface area (Å²) in [6.07, 6.45) is 5.29. The van der Waals surface area contributed by atoms with E-state index in [-0.39, 0.29) is 17.6 Å². The van der Waals surface area contributed by atoms with Crippen LogP contribution in [0.4, 0.5) is 4.39 Å². The zero-order chi connectivity index (χ0) is 18.8. The number of aryl methyl sites for hydroxylation is 1.